The Bertz CT molecular complexity index is 533. The van der Waals surface area contributed by atoms with E-state index < -0.39 is 22.9 Å². The molecule has 1 atom stereocenters. The second kappa shape index (κ2) is 5.18. The van der Waals surface area contributed by atoms with Crippen molar-refractivity contribution >= 4 is 34.4 Å². The summed E-state index contributed by atoms with van der Waals surface area (Å²) in [6.07, 6.45) is -0.0361. The van der Waals surface area contributed by atoms with Crippen LogP contribution in [0.5, 0.6) is 0 Å². The molecular weight excluding hydrogens is 257 g/mol. The minimum Gasteiger partial charge on any atom is -0.378 e. The highest BCUT2D eigenvalue weighted by Gasteiger charge is 2.28. The third kappa shape index (κ3) is 2.86. The molecule has 0 aromatic heterocycles. The van der Waals surface area contributed by atoms with Crippen LogP contribution in [0.2, 0.25) is 0 Å². The van der Waals surface area contributed by atoms with E-state index >= 15 is 0 Å². The molecule has 0 fully saturated rings. The number of hydrogen-bond acceptors (Lipinski definition) is 4. The molecule has 1 heterocycles. The van der Waals surface area contributed by atoms with Gasteiger partial charge in [-0.15, -0.1) is 0 Å². The Hall–Kier alpha value is -1.89. The quantitative estimate of drug-likeness (QED) is 0.840. The second-order valence-corrected chi connectivity index (χ2v) is 4.85. The van der Waals surface area contributed by atoms with Gasteiger partial charge in [0.15, 0.2) is 5.17 Å². The van der Waals surface area contributed by atoms with Crippen LogP contribution in [0.1, 0.15) is 6.42 Å². The number of para-hydroxylation sites is 1. The first-order valence-corrected chi connectivity index (χ1v) is 6.03. The van der Waals surface area contributed by atoms with Gasteiger partial charge in [-0.25, -0.2) is 4.39 Å². The number of carbonyl (C=O) groups excluding carboxylic acids is 2. The lowest BCUT2D eigenvalue weighted by Crippen LogP contribution is -2.33. The Morgan fingerprint density at radius 3 is 2.89 bits per heavy atom. The van der Waals surface area contributed by atoms with E-state index in [1.165, 1.54) is 18.2 Å². The van der Waals surface area contributed by atoms with E-state index in [9.17, 15) is 14.0 Å². The SMILES string of the molecule is NC1=NC(=O)C[C@H](C(=O)Nc2ccccc2F)S1. The molecule has 0 saturated heterocycles. The fourth-order valence-corrected chi connectivity index (χ4v) is 2.30. The molecule has 7 heteroatoms. The van der Waals surface area contributed by atoms with Crippen LogP contribution in [0.4, 0.5) is 10.1 Å². The van der Waals surface area contributed by atoms with Crippen LogP contribution in [0.25, 0.3) is 0 Å². The summed E-state index contributed by atoms with van der Waals surface area (Å²) < 4.78 is 13.3. The number of aliphatic imine (C=N–C) groups is 1. The van der Waals surface area contributed by atoms with Crippen molar-refractivity contribution in [2.45, 2.75) is 11.7 Å². The Labute approximate surface area is 107 Å². The minimum absolute atomic E-state index is 0.0361. The van der Waals surface area contributed by atoms with Gasteiger partial charge in [-0.1, -0.05) is 23.9 Å². The summed E-state index contributed by atoms with van der Waals surface area (Å²) in [7, 11) is 0. The van der Waals surface area contributed by atoms with Crippen LogP contribution >= 0.6 is 11.8 Å². The number of thioether (sulfide) groups is 1. The van der Waals surface area contributed by atoms with E-state index in [1.807, 2.05) is 0 Å². The van der Waals surface area contributed by atoms with Gasteiger partial charge in [-0.3, -0.25) is 9.59 Å². The first-order chi connectivity index (χ1) is 8.56. The fourth-order valence-electron chi connectivity index (χ4n) is 1.46. The molecule has 3 N–H and O–H groups in total. The van der Waals surface area contributed by atoms with Crippen LogP contribution in [0.3, 0.4) is 0 Å². The number of nitrogens with one attached hydrogen (secondary N) is 1. The monoisotopic (exact) mass is 267 g/mol. The topological polar surface area (TPSA) is 84.5 Å². The molecule has 1 aromatic carbocycles. The van der Waals surface area contributed by atoms with E-state index in [0.717, 1.165) is 11.8 Å². The summed E-state index contributed by atoms with van der Waals surface area (Å²) in [5, 5.41) is 1.81. The average molecular weight is 267 g/mol. The van der Waals surface area contributed by atoms with E-state index in [0.29, 0.717) is 0 Å². The Kier molecular flexibility index (Phi) is 3.61. The number of hydrogen-bond donors (Lipinski definition) is 2. The van der Waals surface area contributed by atoms with E-state index in [-0.39, 0.29) is 17.3 Å². The number of amidine groups is 1. The summed E-state index contributed by atoms with van der Waals surface area (Å²) in [5.74, 6) is -1.43. The van der Waals surface area contributed by atoms with Gasteiger partial charge in [-0.05, 0) is 12.1 Å². The van der Waals surface area contributed by atoms with Crippen molar-refractivity contribution in [1.29, 1.82) is 0 Å². The lowest BCUT2D eigenvalue weighted by Gasteiger charge is -2.17. The van der Waals surface area contributed by atoms with Gasteiger partial charge in [-0.2, -0.15) is 4.99 Å². The zero-order valence-corrected chi connectivity index (χ0v) is 10.0. The molecule has 5 nitrogen and oxygen atoms in total. The maximum atomic E-state index is 13.3. The van der Waals surface area contributed by atoms with Gasteiger partial charge in [0.1, 0.15) is 11.1 Å². The predicted octanol–water partition coefficient (Wildman–Crippen LogP) is 1.11. The molecular formula is C11H10FN3O2S. The van der Waals surface area contributed by atoms with Crippen LogP contribution in [0.15, 0.2) is 29.3 Å². The molecule has 18 heavy (non-hydrogen) atoms. The third-order valence-corrected chi connectivity index (χ3v) is 3.28. The largest absolute Gasteiger partial charge is 0.378 e. The third-order valence-electron chi connectivity index (χ3n) is 2.28. The van der Waals surface area contributed by atoms with Gasteiger partial charge in [0.25, 0.3) is 0 Å². The number of amides is 2. The van der Waals surface area contributed by atoms with Crippen molar-refractivity contribution in [3.05, 3.63) is 30.1 Å². The molecule has 0 bridgehead atoms. The lowest BCUT2D eigenvalue weighted by molar-refractivity contribution is -0.121. The molecule has 0 saturated carbocycles. The van der Waals surface area contributed by atoms with Crippen LogP contribution < -0.4 is 11.1 Å². The normalized spacial score (nSPS) is 19.3. The number of halogens is 1. The van der Waals surface area contributed by atoms with Crippen molar-refractivity contribution in [3.63, 3.8) is 0 Å². The molecule has 0 spiro atoms. The summed E-state index contributed by atoms with van der Waals surface area (Å²) in [6.45, 7) is 0. The number of rotatable bonds is 2. The first-order valence-electron chi connectivity index (χ1n) is 5.15. The second-order valence-electron chi connectivity index (χ2n) is 3.62. The van der Waals surface area contributed by atoms with Crippen molar-refractivity contribution in [3.8, 4) is 0 Å². The fraction of sp³-hybridized carbons (Fsp3) is 0.182. The van der Waals surface area contributed by atoms with Crippen molar-refractivity contribution in [2.75, 3.05) is 5.32 Å². The average Bonchev–Trinajstić information content (AvgIpc) is 2.31. The molecule has 0 aliphatic carbocycles. The molecule has 0 unspecified atom stereocenters. The van der Waals surface area contributed by atoms with Crippen molar-refractivity contribution < 1.29 is 14.0 Å². The number of nitrogens with zero attached hydrogens (tertiary/aromatic N) is 1. The summed E-state index contributed by atoms with van der Waals surface area (Å²) in [5.41, 5.74) is 5.49. The van der Waals surface area contributed by atoms with Crippen LogP contribution in [-0.2, 0) is 9.59 Å². The highest BCUT2D eigenvalue weighted by atomic mass is 32.2. The van der Waals surface area contributed by atoms with E-state index in [2.05, 4.69) is 10.3 Å². The minimum atomic E-state index is -0.672. The van der Waals surface area contributed by atoms with E-state index in [1.54, 1.807) is 6.07 Å². The summed E-state index contributed by atoms with van der Waals surface area (Å²) >= 11 is 0.996. The van der Waals surface area contributed by atoms with Crippen molar-refractivity contribution in [2.24, 2.45) is 10.7 Å². The molecule has 1 aromatic rings. The predicted molar refractivity (Wildman–Crippen MR) is 67.7 cm³/mol. The highest BCUT2D eigenvalue weighted by Crippen LogP contribution is 2.22. The number of carbonyl (C=O) groups is 2. The van der Waals surface area contributed by atoms with E-state index in [4.69, 9.17) is 5.73 Å². The summed E-state index contributed by atoms with van der Waals surface area (Å²) in [4.78, 5) is 26.5. The maximum absolute atomic E-state index is 13.3. The van der Waals surface area contributed by atoms with Gasteiger partial charge < -0.3 is 11.1 Å². The van der Waals surface area contributed by atoms with Crippen LogP contribution in [0, 0.1) is 5.82 Å². The Morgan fingerprint density at radius 2 is 2.22 bits per heavy atom. The molecule has 94 valence electrons. The smallest absolute Gasteiger partial charge is 0.249 e. The van der Waals surface area contributed by atoms with Gasteiger partial charge in [0.2, 0.25) is 11.8 Å². The molecule has 2 amide bonds. The lowest BCUT2D eigenvalue weighted by atomic mass is 10.2. The van der Waals surface area contributed by atoms with Crippen molar-refractivity contribution in [1.82, 2.24) is 0 Å². The van der Waals surface area contributed by atoms with Crippen LogP contribution in [-0.4, -0.2) is 22.2 Å². The van der Waals surface area contributed by atoms with Gasteiger partial charge >= 0.3 is 0 Å². The Balaban J connectivity index is 2.07. The molecule has 2 rings (SSSR count). The standard InChI is InChI=1S/C11H10FN3O2S/c12-6-3-1-2-4-7(6)14-10(17)8-5-9(16)15-11(13)18-8/h1-4,8H,5H2,(H,14,17)(H2,13,15,16)/t8-/m1/s1. The zero-order chi connectivity index (χ0) is 13.1. The first kappa shape index (κ1) is 12.6. The molecule has 1 aliphatic heterocycles. The molecule has 1 aliphatic rings. The number of nitrogens with two attached hydrogens (primary N) is 1. The van der Waals surface area contributed by atoms with Gasteiger partial charge in [0.05, 0.1) is 12.1 Å². The number of anilines is 1. The van der Waals surface area contributed by atoms with Gasteiger partial charge in [0, 0.05) is 0 Å². The zero-order valence-electron chi connectivity index (χ0n) is 9.22. The number of benzene rings is 1. The maximum Gasteiger partial charge on any atom is 0.249 e. The highest BCUT2D eigenvalue weighted by molar-refractivity contribution is 8.15. The molecule has 0 radical (unpaired) electrons. The Morgan fingerprint density at radius 1 is 1.50 bits per heavy atom. The summed E-state index contributed by atoms with van der Waals surface area (Å²) in [6, 6.07) is 5.81.